The van der Waals surface area contributed by atoms with Crippen LogP contribution in [0, 0.1) is 23.7 Å². The summed E-state index contributed by atoms with van der Waals surface area (Å²) < 4.78 is 68.8. The molecular weight excluding hydrogens is 1320 g/mol. The maximum absolute atomic E-state index is 13.1. The molecule has 0 aromatic rings. The molecule has 0 rings (SSSR count). The average Bonchev–Trinajstić information content (AvgIpc) is 0.921. The van der Waals surface area contributed by atoms with Crippen LogP contribution in [0.4, 0.5) is 0 Å². The lowest BCUT2D eigenvalue weighted by Gasteiger charge is -2.21. The topological polar surface area (TPSA) is 237 Å². The normalized spacial score (nSPS) is 14.0. The van der Waals surface area contributed by atoms with Crippen molar-refractivity contribution in [3.05, 3.63) is 0 Å². The number of unbranched alkanes of at least 4 members (excludes halogenated alkanes) is 45. The third-order valence-corrected chi connectivity index (χ3v) is 21.0. The SMILES string of the molecule is CC(C)CCCCCCCCCCCCCCCCCCC(=O)O[C@H](COC(=O)CCCCCCCCCCCCCCCC(C)C)COP(=O)(O)OC[C@@H](O)COP(=O)(O)OC[C@@H](COC(=O)CCCCCCCCCCCCC(C)C)OC(=O)CCCCCCCCCCCCC(C)C. The zero-order valence-corrected chi connectivity index (χ0v) is 68.3. The molecule has 0 aliphatic carbocycles. The van der Waals surface area contributed by atoms with Crippen LogP contribution in [0.15, 0.2) is 0 Å². The Labute approximate surface area is 619 Å². The summed E-state index contributed by atoms with van der Waals surface area (Å²) in [4.78, 5) is 73.1. The maximum atomic E-state index is 13.1. The van der Waals surface area contributed by atoms with Crippen molar-refractivity contribution < 1.29 is 80.2 Å². The van der Waals surface area contributed by atoms with Crippen LogP contribution in [0.25, 0.3) is 0 Å². The van der Waals surface area contributed by atoms with E-state index in [1.54, 1.807) is 0 Å². The molecule has 600 valence electrons. The van der Waals surface area contributed by atoms with Gasteiger partial charge in [0.1, 0.15) is 19.3 Å². The van der Waals surface area contributed by atoms with Crippen LogP contribution >= 0.6 is 15.6 Å². The number of rotatable bonds is 79. The van der Waals surface area contributed by atoms with Gasteiger partial charge in [0.05, 0.1) is 26.4 Å². The largest absolute Gasteiger partial charge is 0.472 e. The summed E-state index contributed by atoms with van der Waals surface area (Å²) in [7, 11) is -9.92. The number of esters is 4. The monoisotopic (exact) mass is 1480 g/mol. The molecule has 0 saturated heterocycles. The number of aliphatic hydroxyl groups is 1. The molecule has 0 aliphatic rings. The summed E-state index contributed by atoms with van der Waals surface area (Å²) in [5, 5.41) is 10.7. The highest BCUT2D eigenvalue weighted by Crippen LogP contribution is 2.45. The predicted molar refractivity (Wildman–Crippen MR) is 414 cm³/mol. The van der Waals surface area contributed by atoms with Crippen molar-refractivity contribution in [3.63, 3.8) is 0 Å². The van der Waals surface area contributed by atoms with E-state index >= 15 is 0 Å². The molecule has 0 aromatic heterocycles. The Morgan fingerprint density at radius 2 is 0.416 bits per heavy atom. The van der Waals surface area contributed by atoms with Crippen molar-refractivity contribution >= 4 is 39.5 Å². The fourth-order valence-corrected chi connectivity index (χ4v) is 14.2. The lowest BCUT2D eigenvalue weighted by molar-refractivity contribution is -0.161. The van der Waals surface area contributed by atoms with Gasteiger partial charge >= 0.3 is 39.5 Å². The first-order valence-corrected chi connectivity index (χ1v) is 45.2. The lowest BCUT2D eigenvalue weighted by Crippen LogP contribution is -2.30. The number of hydrogen-bond acceptors (Lipinski definition) is 15. The van der Waals surface area contributed by atoms with Gasteiger partial charge in [-0.05, 0) is 49.4 Å². The maximum Gasteiger partial charge on any atom is 0.472 e. The Bertz CT molecular complexity index is 1970. The summed E-state index contributed by atoms with van der Waals surface area (Å²) in [6.07, 6.45) is 58.2. The van der Waals surface area contributed by atoms with Gasteiger partial charge in [0.25, 0.3) is 0 Å². The second kappa shape index (κ2) is 71.0. The second-order valence-electron chi connectivity index (χ2n) is 31.4. The van der Waals surface area contributed by atoms with Gasteiger partial charge in [0.15, 0.2) is 12.2 Å². The van der Waals surface area contributed by atoms with E-state index in [1.807, 2.05) is 0 Å². The third-order valence-electron chi connectivity index (χ3n) is 19.1. The Hall–Kier alpha value is -1.94. The highest BCUT2D eigenvalue weighted by molar-refractivity contribution is 7.47. The first kappa shape index (κ1) is 99.1. The first-order valence-electron chi connectivity index (χ1n) is 42.2. The molecule has 0 amide bonds. The van der Waals surface area contributed by atoms with Gasteiger partial charge in [-0.15, -0.1) is 0 Å². The Balaban J connectivity index is 5.26. The molecule has 19 heteroatoms. The number of ether oxygens (including phenoxy) is 4. The molecule has 2 unspecified atom stereocenters. The van der Waals surface area contributed by atoms with E-state index in [4.69, 9.17) is 37.0 Å². The van der Waals surface area contributed by atoms with Gasteiger partial charge in [0.2, 0.25) is 0 Å². The summed E-state index contributed by atoms with van der Waals surface area (Å²) >= 11 is 0. The molecule has 0 bridgehead atoms. The molecule has 0 radical (unpaired) electrons. The van der Waals surface area contributed by atoms with Gasteiger partial charge in [-0.2, -0.15) is 0 Å². The smallest absolute Gasteiger partial charge is 0.462 e. The van der Waals surface area contributed by atoms with Crippen molar-refractivity contribution in [3.8, 4) is 0 Å². The molecule has 0 aromatic carbocycles. The molecule has 3 N–H and O–H groups in total. The number of phosphoric ester groups is 2. The lowest BCUT2D eigenvalue weighted by atomic mass is 10.0. The van der Waals surface area contributed by atoms with Gasteiger partial charge in [-0.25, -0.2) is 9.13 Å². The summed E-state index contributed by atoms with van der Waals surface area (Å²) in [6, 6.07) is 0. The van der Waals surface area contributed by atoms with Crippen molar-refractivity contribution in [2.24, 2.45) is 23.7 Å². The van der Waals surface area contributed by atoms with Gasteiger partial charge in [-0.3, -0.25) is 37.3 Å². The second-order valence-corrected chi connectivity index (χ2v) is 34.3. The highest BCUT2D eigenvalue weighted by Gasteiger charge is 2.30. The number of carbonyl (C=O) groups is 4. The molecule has 0 fully saturated rings. The molecule has 5 atom stereocenters. The van der Waals surface area contributed by atoms with Crippen molar-refractivity contribution in [1.82, 2.24) is 0 Å². The molecule has 0 aliphatic heterocycles. The van der Waals surface area contributed by atoms with Crippen molar-refractivity contribution in [2.75, 3.05) is 39.6 Å². The number of carbonyl (C=O) groups excluding carboxylic acids is 4. The van der Waals surface area contributed by atoms with E-state index in [9.17, 15) is 43.2 Å². The minimum Gasteiger partial charge on any atom is -0.462 e. The van der Waals surface area contributed by atoms with Gasteiger partial charge < -0.3 is 33.8 Å². The van der Waals surface area contributed by atoms with Crippen LogP contribution in [0.3, 0.4) is 0 Å². The molecular formula is C82H160O17P2. The van der Waals surface area contributed by atoms with Gasteiger partial charge in [-0.1, -0.05) is 370 Å². The third kappa shape index (κ3) is 76.1. The highest BCUT2D eigenvalue weighted by atomic mass is 31.2. The van der Waals surface area contributed by atoms with Crippen LogP contribution in [0.2, 0.25) is 0 Å². The number of phosphoric acid groups is 2. The summed E-state index contributed by atoms with van der Waals surface area (Å²) in [6.45, 7) is 14.3. The zero-order chi connectivity index (χ0) is 74.6. The van der Waals surface area contributed by atoms with Crippen LogP contribution in [0.1, 0.15) is 421 Å². The van der Waals surface area contributed by atoms with Crippen molar-refractivity contribution in [1.29, 1.82) is 0 Å². The van der Waals surface area contributed by atoms with E-state index in [0.717, 1.165) is 114 Å². The fraction of sp³-hybridized carbons (Fsp3) is 0.951. The summed E-state index contributed by atoms with van der Waals surface area (Å²) in [5.74, 6) is 0.999. The zero-order valence-electron chi connectivity index (χ0n) is 66.5. The minimum absolute atomic E-state index is 0.106. The quantitative estimate of drug-likeness (QED) is 0.0222. The standard InChI is InChI=1S/C82H160O17P2/c1-72(2)58-50-42-34-26-18-14-11-9-10-12-16-21-32-40-48-56-64-81(86)98-77(68-92-79(84)62-54-46-38-30-20-17-13-15-19-27-35-43-51-59-73(3)4)70-96-100(88,89)94-66-76(83)67-95-101(90,91)97-71-78(99-82(87)65-57-49-41-33-25-23-29-37-45-53-61-75(7)8)69-93-80(85)63-55-47-39-31-24-22-28-36-44-52-60-74(5)6/h72-78,83H,9-71H2,1-8H3,(H,88,89)(H,90,91)/t76-,77-,78-/m1/s1. The molecule has 0 heterocycles. The van der Waals surface area contributed by atoms with Crippen LogP contribution in [0.5, 0.6) is 0 Å². The molecule has 101 heavy (non-hydrogen) atoms. The summed E-state index contributed by atoms with van der Waals surface area (Å²) in [5.41, 5.74) is 0. The van der Waals surface area contributed by atoms with E-state index in [0.29, 0.717) is 25.7 Å². The van der Waals surface area contributed by atoms with Crippen molar-refractivity contribution in [2.45, 2.75) is 440 Å². The predicted octanol–water partition coefficient (Wildman–Crippen LogP) is 24.4. The van der Waals surface area contributed by atoms with Crippen LogP contribution in [-0.2, 0) is 65.4 Å². The number of aliphatic hydroxyl groups excluding tert-OH is 1. The molecule has 0 saturated carbocycles. The first-order chi connectivity index (χ1) is 48.6. The van der Waals surface area contributed by atoms with E-state index in [1.165, 1.54) is 225 Å². The minimum atomic E-state index is -4.96. The van der Waals surface area contributed by atoms with E-state index in [2.05, 4.69) is 55.4 Å². The van der Waals surface area contributed by atoms with Crippen LogP contribution < -0.4 is 0 Å². The Morgan fingerprint density at radius 1 is 0.248 bits per heavy atom. The van der Waals surface area contributed by atoms with E-state index in [-0.39, 0.29) is 25.7 Å². The fourth-order valence-electron chi connectivity index (χ4n) is 12.6. The molecule has 17 nitrogen and oxygen atoms in total. The Kier molecular flexibility index (Phi) is 69.6. The van der Waals surface area contributed by atoms with Gasteiger partial charge in [0, 0.05) is 25.7 Å². The Morgan fingerprint density at radius 3 is 0.614 bits per heavy atom. The average molecular weight is 1480 g/mol. The van der Waals surface area contributed by atoms with Crippen LogP contribution in [-0.4, -0.2) is 96.7 Å². The number of hydrogen-bond donors (Lipinski definition) is 3. The van der Waals surface area contributed by atoms with E-state index < -0.39 is 97.5 Å². The molecule has 0 spiro atoms.